The standard InChI is InChI=1S/C20H26N2O3S/c1-5-22(6-2)26(24,25)19-14-18(13-12-15(19)3)20(23)21-16(4)17-10-8-7-9-11-17/h7-14,16H,5-6H2,1-4H3,(H,21,23)/t16-/m0/s1. The van der Waals surface area contributed by atoms with Crippen LogP contribution >= 0.6 is 0 Å². The summed E-state index contributed by atoms with van der Waals surface area (Å²) in [6.07, 6.45) is 0. The molecule has 6 heteroatoms. The van der Waals surface area contributed by atoms with E-state index < -0.39 is 10.0 Å². The Bertz CT molecular complexity index is 860. The van der Waals surface area contributed by atoms with Crippen LogP contribution in [0.25, 0.3) is 0 Å². The number of carbonyl (C=O) groups is 1. The molecule has 2 rings (SSSR count). The van der Waals surface area contributed by atoms with Crippen LogP contribution in [0.2, 0.25) is 0 Å². The molecule has 0 bridgehead atoms. The molecular weight excluding hydrogens is 348 g/mol. The Kier molecular flexibility index (Phi) is 6.56. The molecule has 1 N–H and O–H groups in total. The van der Waals surface area contributed by atoms with Gasteiger partial charge in [-0.25, -0.2) is 8.42 Å². The van der Waals surface area contributed by atoms with Gasteiger partial charge in [0.15, 0.2) is 0 Å². The van der Waals surface area contributed by atoms with Crippen molar-refractivity contribution in [1.29, 1.82) is 0 Å². The zero-order valence-corrected chi connectivity index (χ0v) is 16.5. The molecule has 140 valence electrons. The van der Waals surface area contributed by atoms with Gasteiger partial charge in [-0.15, -0.1) is 0 Å². The van der Waals surface area contributed by atoms with Gasteiger partial charge in [0.2, 0.25) is 10.0 Å². The van der Waals surface area contributed by atoms with Gasteiger partial charge in [-0.3, -0.25) is 4.79 Å². The van der Waals surface area contributed by atoms with Crippen molar-refractivity contribution in [3.05, 3.63) is 65.2 Å². The fourth-order valence-electron chi connectivity index (χ4n) is 2.83. The molecule has 0 aliphatic carbocycles. The van der Waals surface area contributed by atoms with E-state index in [9.17, 15) is 13.2 Å². The summed E-state index contributed by atoms with van der Waals surface area (Å²) in [5, 5.41) is 2.92. The Balaban J connectivity index is 2.30. The lowest BCUT2D eigenvalue weighted by Gasteiger charge is -2.20. The Morgan fingerprint density at radius 2 is 1.69 bits per heavy atom. The third-order valence-electron chi connectivity index (χ3n) is 4.42. The molecule has 0 saturated carbocycles. The zero-order chi connectivity index (χ0) is 19.3. The number of aryl methyl sites for hydroxylation is 1. The predicted octanol–water partition coefficient (Wildman–Crippen LogP) is 3.52. The highest BCUT2D eigenvalue weighted by atomic mass is 32.2. The highest BCUT2D eigenvalue weighted by Gasteiger charge is 2.25. The maximum atomic E-state index is 12.8. The summed E-state index contributed by atoms with van der Waals surface area (Å²) < 4.78 is 27.0. The lowest BCUT2D eigenvalue weighted by molar-refractivity contribution is 0.0939. The molecule has 1 atom stereocenters. The number of hydrogen-bond donors (Lipinski definition) is 1. The van der Waals surface area contributed by atoms with E-state index in [1.54, 1.807) is 32.9 Å². The normalized spacial score (nSPS) is 12.8. The molecule has 0 heterocycles. The molecule has 0 aliphatic rings. The van der Waals surface area contributed by atoms with Crippen LogP contribution in [0.5, 0.6) is 0 Å². The number of nitrogens with zero attached hydrogens (tertiary/aromatic N) is 1. The minimum absolute atomic E-state index is 0.173. The van der Waals surface area contributed by atoms with E-state index in [-0.39, 0.29) is 16.8 Å². The van der Waals surface area contributed by atoms with Gasteiger partial charge in [0.25, 0.3) is 5.91 Å². The van der Waals surface area contributed by atoms with Crippen LogP contribution in [0, 0.1) is 6.92 Å². The Labute approximate surface area is 156 Å². The first-order valence-electron chi connectivity index (χ1n) is 8.77. The maximum absolute atomic E-state index is 12.8. The second-order valence-corrected chi connectivity index (χ2v) is 8.08. The van der Waals surface area contributed by atoms with Crippen LogP contribution in [-0.2, 0) is 10.0 Å². The van der Waals surface area contributed by atoms with Gasteiger partial charge in [0, 0.05) is 18.7 Å². The minimum Gasteiger partial charge on any atom is -0.346 e. The number of hydrogen-bond acceptors (Lipinski definition) is 3. The second kappa shape index (κ2) is 8.47. The number of carbonyl (C=O) groups excluding carboxylic acids is 1. The fraction of sp³-hybridized carbons (Fsp3) is 0.350. The third-order valence-corrected chi connectivity index (χ3v) is 6.61. The summed E-state index contributed by atoms with van der Waals surface area (Å²) in [6, 6.07) is 14.3. The van der Waals surface area contributed by atoms with Crippen molar-refractivity contribution in [2.45, 2.75) is 38.6 Å². The SMILES string of the molecule is CCN(CC)S(=O)(=O)c1cc(C(=O)N[C@@H](C)c2ccccc2)ccc1C. The third kappa shape index (κ3) is 4.31. The molecular formula is C20H26N2O3S. The Morgan fingerprint density at radius 1 is 1.08 bits per heavy atom. The quantitative estimate of drug-likeness (QED) is 0.806. The summed E-state index contributed by atoms with van der Waals surface area (Å²) in [5.41, 5.74) is 1.96. The lowest BCUT2D eigenvalue weighted by Crippen LogP contribution is -2.31. The first-order chi connectivity index (χ1) is 12.3. The number of sulfonamides is 1. The molecule has 0 saturated heterocycles. The van der Waals surface area contributed by atoms with E-state index >= 15 is 0 Å². The molecule has 1 amide bonds. The average molecular weight is 375 g/mol. The van der Waals surface area contributed by atoms with Crippen molar-refractivity contribution in [1.82, 2.24) is 9.62 Å². The van der Waals surface area contributed by atoms with Crippen molar-refractivity contribution in [2.75, 3.05) is 13.1 Å². The average Bonchev–Trinajstić information content (AvgIpc) is 2.63. The van der Waals surface area contributed by atoms with Gasteiger partial charge in [-0.2, -0.15) is 4.31 Å². The van der Waals surface area contributed by atoms with Crippen LogP contribution < -0.4 is 5.32 Å². The Hall–Kier alpha value is -2.18. The predicted molar refractivity (Wildman–Crippen MR) is 104 cm³/mol. The molecule has 2 aromatic rings. The second-order valence-electron chi connectivity index (χ2n) is 6.18. The molecule has 0 unspecified atom stereocenters. The first-order valence-corrected chi connectivity index (χ1v) is 10.2. The van der Waals surface area contributed by atoms with Gasteiger partial charge >= 0.3 is 0 Å². The highest BCUT2D eigenvalue weighted by Crippen LogP contribution is 2.22. The fourth-order valence-corrected chi connectivity index (χ4v) is 4.54. The molecule has 0 aliphatic heterocycles. The topological polar surface area (TPSA) is 66.5 Å². The number of rotatable bonds is 7. The van der Waals surface area contributed by atoms with Crippen LogP contribution in [0.4, 0.5) is 0 Å². The van der Waals surface area contributed by atoms with Crippen molar-refractivity contribution in [2.24, 2.45) is 0 Å². The number of amides is 1. The van der Waals surface area contributed by atoms with Crippen LogP contribution in [0.3, 0.4) is 0 Å². The van der Waals surface area contributed by atoms with Crippen LogP contribution in [0.15, 0.2) is 53.4 Å². The molecule has 26 heavy (non-hydrogen) atoms. The van der Waals surface area contributed by atoms with Crippen molar-refractivity contribution in [3.63, 3.8) is 0 Å². The molecule has 5 nitrogen and oxygen atoms in total. The number of benzene rings is 2. The van der Waals surface area contributed by atoms with E-state index in [2.05, 4.69) is 5.32 Å². The molecule has 0 radical (unpaired) electrons. The molecule has 0 fully saturated rings. The molecule has 0 aromatic heterocycles. The first kappa shape index (κ1) is 20.1. The van der Waals surface area contributed by atoms with Crippen molar-refractivity contribution >= 4 is 15.9 Å². The summed E-state index contributed by atoms with van der Waals surface area (Å²) in [7, 11) is -3.62. The smallest absolute Gasteiger partial charge is 0.251 e. The Morgan fingerprint density at radius 3 is 2.27 bits per heavy atom. The number of nitrogens with one attached hydrogen (secondary N) is 1. The van der Waals surface area contributed by atoms with Gasteiger partial charge in [-0.1, -0.05) is 50.2 Å². The van der Waals surface area contributed by atoms with E-state index in [0.717, 1.165) is 5.56 Å². The van der Waals surface area contributed by atoms with Crippen molar-refractivity contribution < 1.29 is 13.2 Å². The summed E-state index contributed by atoms with van der Waals surface area (Å²) in [5.74, 6) is -0.294. The van der Waals surface area contributed by atoms with Crippen LogP contribution in [0.1, 0.15) is 48.3 Å². The summed E-state index contributed by atoms with van der Waals surface area (Å²) >= 11 is 0. The van der Waals surface area contributed by atoms with E-state index in [1.807, 2.05) is 37.3 Å². The summed E-state index contributed by atoms with van der Waals surface area (Å²) in [6.45, 7) is 8.02. The summed E-state index contributed by atoms with van der Waals surface area (Å²) in [4.78, 5) is 12.8. The van der Waals surface area contributed by atoms with Gasteiger partial charge in [0.05, 0.1) is 10.9 Å². The van der Waals surface area contributed by atoms with E-state index in [1.165, 1.54) is 10.4 Å². The largest absolute Gasteiger partial charge is 0.346 e. The minimum atomic E-state index is -3.62. The lowest BCUT2D eigenvalue weighted by atomic mass is 10.1. The van der Waals surface area contributed by atoms with E-state index in [0.29, 0.717) is 24.2 Å². The van der Waals surface area contributed by atoms with Gasteiger partial charge in [0.1, 0.15) is 0 Å². The monoisotopic (exact) mass is 374 g/mol. The zero-order valence-electron chi connectivity index (χ0n) is 15.7. The molecule has 0 spiro atoms. The van der Waals surface area contributed by atoms with Crippen molar-refractivity contribution in [3.8, 4) is 0 Å². The highest BCUT2D eigenvalue weighted by molar-refractivity contribution is 7.89. The maximum Gasteiger partial charge on any atom is 0.251 e. The van der Waals surface area contributed by atoms with Crippen LogP contribution in [-0.4, -0.2) is 31.7 Å². The van der Waals surface area contributed by atoms with Gasteiger partial charge < -0.3 is 5.32 Å². The molecule has 2 aromatic carbocycles. The van der Waals surface area contributed by atoms with Gasteiger partial charge in [-0.05, 0) is 37.1 Å². The van der Waals surface area contributed by atoms with E-state index in [4.69, 9.17) is 0 Å².